The summed E-state index contributed by atoms with van der Waals surface area (Å²) < 4.78 is 15.6. The second kappa shape index (κ2) is 9.35. The summed E-state index contributed by atoms with van der Waals surface area (Å²) in [5.41, 5.74) is 2.99. The molecule has 32 heavy (non-hydrogen) atoms. The number of amides is 1. The van der Waals surface area contributed by atoms with E-state index in [-0.39, 0.29) is 11.7 Å². The molecule has 2 heterocycles. The predicted octanol–water partition coefficient (Wildman–Crippen LogP) is 4.81. The SMILES string of the molecule is CC(=O)Nc1cc(-c2c(-c3ccc(F)cc3)nc(S/C=C\C(=O)O)n2CC2CC2)ccn1. The van der Waals surface area contributed by atoms with Crippen LogP contribution in [0.15, 0.2) is 59.2 Å². The Morgan fingerprint density at radius 2 is 2.00 bits per heavy atom. The summed E-state index contributed by atoms with van der Waals surface area (Å²) in [4.78, 5) is 31.5. The number of nitrogens with one attached hydrogen (secondary N) is 1. The smallest absolute Gasteiger partial charge is 0.328 e. The number of benzene rings is 1. The molecule has 0 radical (unpaired) electrons. The van der Waals surface area contributed by atoms with Crippen molar-refractivity contribution < 1.29 is 19.1 Å². The zero-order valence-electron chi connectivity index (χ0n) is 17.3. The Morgan fingerprint density at radius 3 is 2.66 bits per heavy atom. The number of hydrogen-bond acceptors (Lipinski definition) is 5. The van der Waals surface area contributed by atoms with Gasteiger partial charge in [0.2, 0.25) is 5.91 Å². The molecule has 0 saturated heterocycles. The summed E-state index contributed by atoms with van der Waals surface area (Å²) in [6, 6.07) is 9.70. The van der Waals surface area contributed by atoms with Gasteiger partial charge in [-0.1, -0.05) is 11.8 Å². The van der Waals surface area contributed by atoms with Crippen molar-refractivity contribution in [1.29, 1.82) is 0 Å². The van der Waals surface area contributed by atoms with Gasteiger partial charge in [-0.25, -0.2) is 19.2 Å². The summed E-state index contributed by atoms with van der Waals surface area (Å²) in [5, 5.41) is 13.8. The van der Waals surface area contributed by atoms with Crippen molar-refractivity contribution in [3.8, 4) is 22.5 Å². The van der Waals surface area contributed by atoms with E-state index in [9.17, 15) is 14.0 Å². The summed E-state index contributed by atoms with van der Waals surface area (Å²) in [6.07, 6.45) is 4.91. The highest BCUT2D eigenvalue weighted by molar-refractivity contribution is 8.02. The molecule has 1 saturated carbocycles. The molecule has 2 N–H and O–H groups in total. The molecule has 0 bridgehead atoms. The third kappa shape index (κ3) is 5.23. The molecule has 1 aliphatic carbocycles. The van der Waals surface area contributed by atoms with Crippen molar-refractivity contribution in [1.82, 2.24) is 14.5 Å². The third-order valence-electron chi connectivity index (χ3n) is 4.91. The number of hydrogen-bond donors (Lipinski definition) is 2. The molecule has 7 nitrogen and oxygen atoms in total. The summed E-state index contributed by atoms with van der Waals surface area (Å²) in [7, 11) is 0. The van der Waals surface area contributed by atoms with Crippen molar-refractivity contribution in [3.05, 3.63) is 59.9 Å². The fraction of sp³-hybridized carbons (Fsp3) is 0.217. The maximum atomic E-state index is 13.6. The molecular weight excluding hydrogens is 431 g/mol. The molecule has 3 aromatic rings. The number of imidazole rings is 1. The minimum atomic E-state index is -1.04. The normalized spacial score (nSPS) is 13.4. The number of rotatable bonds is 8. The zero-order valence-corrected chi connectivity index (χ0v) is 18.1. The maximum absolute atomic E-state index is 13.6. The standard InChI is InChI=1S/C23H21FN4O3S/c1-14(29)26-19-12-17(8-10-25-19)22-21(16-4-6-18(24)7-5-16)27-23(32-11-9-20(30)31)28(22)13-15-2-3-15/h4-12,15H,2-3,13H2,1H3,(H,30,31)(H,25,26,29)/b11-9-. The van der Waals surface area contributed by atoms with Crippen LogP contribution in [0, 0.1) is 11.7 Å². The van der Waals surface area contributed by atoms with E-state index in [1.807, 2.05) is 6.07 Å². The van der Waals surface area contributed by atoms with E-state index in [4.69, 9.17) is 10.1 Å². The monoisotopic (exact) mass is 452 g/mol. The van der Waals surface area contributed by atoms with Gasteiger partial charge in [-0.3, -0.25) is 4.79 Å². The first-order valence-electron chi connectivity index (χ1n) is 10.1. The fourth-order valence-electron chi connectivity index (χ4n) is 3.33. The van der Waals surface area contributed by atoms with Gasteiger partial charge < -0.3 is 15.0 Å². The third-order valence-corrected chi connectivity index (χ3v) is 5.70. The number of pyridine rings is 1. The molecule has 0 atom stereocenters. The summed E-state index contributed by atoms with van der Waals surface area (Å²) in [5.74, 6) is -0.674. The largest absolute Gasteiger partial charge is 0.478 e. The van der Waals surface area contributed by atoms with Gasteiger partial charge in [0.25, 0.3) is 0 Å². The number of aliphatic carboxylic acids is 1. The molecule has 1 amide bonds. The molecule has 0 aliphatic heterocycles. The molecule has 1 aliphatic rings. The maximum Gasteiger partial charge on any atom is 0.328 e. The number of nitrogens with zero attached hydrogens (tertiary/aromatic N) is 3. The van der Waals surface area contributed by atoms with Crippen LogP contribution < -0.4 is 5.32 Å². The Kier molecular flexibility index (Phi) is 6.36. The lowest BCUT2D eigenvalue weighted by molar-refractivity contribution is -0.131. The highest BCUT2D eigenvalue weighted by Crippen LogP contribution is 2.40. The highest BCUT2D eigenvalue weighted by Gasteiger charge is 2.27. The van der Waals surface area contributed by atoms with E-state index in [0.717, 1.165) is 42.3 Å². The Balaban J connectivity index is 1.87. The van der Waals surface area contributed by atoms with Crippen LogP contribution in [0.1, 0.15) is 19.8 Å². The fourth-order valence-corrected chi connectivity index (χ4v) is 4.07. The van der Waals surface area contributed by atoms with Gasteiger partial charge in [-0.2, -0.15) is 0 Å². The molecule has 9 heteroatoms. The molecule has 2 aromatic heterocycles. The average Bonchev–Trinajstić information content (AvgIpc) is 3.49. The van der Waals surface area contributed by atoms with Crippen molar-refractivity contribution in [2.24, 2.45) is 5.92 Å². The Hall–Kier alpha value is -3.46. The van der Waals surface area contributed by atoms with Crippen LogP contribution in [0.25, 0.3) is 22.5 Å². The van der Waals surface area contributed by atoms with Gasteiger partial charge in [-0.15, -0.1) is 0 Å². The van der Waals surface area contributed by atoms with Crippen molar-refractivity contribution >= 4 is 29.5 Å². The number of carboxylic acids is 1. The van der Waals surface area contributed by atoms with E-state index >= 15 is 0 Å². The Bertz CT molecular complexity index is 1190. The number of aromatic nitrogens is 3. The first-order valence-corrected chi connectivity index (χ1v) is 11.0. The number of carbonyl (C=O) groups is 2. The van der Waals surface area contributed by atoms with Gasteiger partial charge in [0.05, 0.1) is 11.4 Å². The molecule has 0 unspecified atom stereocenters. The number of anilines is 1. The van der Waals surface area contributed by atoms with E-state index in [0.29, 0.717) is 22.6 Å². The number of halogens is 1. The van der Waals surface area contributed by atoms with Crippen LogP contribution >= 0.6 is 11.8 Å². The van der Waals surface area contributed by atoms with E-state index < -0.39 is 5.97 Å². The van der Waals surface area contributed by atoms with Gasteiger partial charge in [0.1, 0.15) is 11.6 Å². The van der Waals surface area contributed by atoms with Crippen molar-refractivity contribution in [2.75, 3.05) is 5.32 Å². The van der Waals surface area contributed by atoms with Crippen LogP contribution in [-0.2, 0) is 16.1 Å². The average molecular weight is 453 g/mol. The first kappa shape index (κ1) is 21.8. The van der Waals surface area contributed by atoms with Crippen LogP contribution in [0.2, 0.25) is 0 Å². The zero-order chi connectivity index (χ0) is 22.7. The van der Waals surface area contributed by atoms with Gasteiger partial charge >= 0.3 is 5.97 Å². The molecule has 4 rings (SSSR count). The van der Waals surface area contributed by atoms with Crippen molar-refractivity contribution in [3.63, 3.8) is 0 Å². The molecular formula is C23H21FN4O3S. The number of carbonyl (C=O) groups excluding carboxylic acids is 1. The number of thioether (sulfide) groups is 1. The lowest BCUT2D eigenvalue weighted by Crippen LogP contribution is -2.08. The van der Waals surface area contributed by atoms with Crippen LogP contribution in [0.3, 0.4) is 0 Å². The van der Waals surface area contributed by atoms with E-state index in [1.165, 1.54) is 36.2 Å². The van der Waals surface area contributed by atoms with Gasteiger partial charge in [-0.05, 0) is 60.6 Å². The Morgan fingerprint density at radius 1 is 1.25 bits per heavy atom. The lowest BCUT2D eigenvalue weighted by atomic mass is 10.1. The number of carboxylic acid groups (broad SMARTS) is 1. The van der Waals surface area contributed by atoms with Gasteiger partial charge in [0, 0.05) is 36.9 Å². The lowest BCUT2D eigenvalue weighted by Gasteiger charge is -2.13. The Labute approximate surface area is 188 Å². The highest BCUT2D eigenvalue weighted by atomic mass is 32.2. The second-order valence-corrected chi connectivity index (χ2v) is 8.40. The second-order valence-electron chi connectivity index (χ2n) is 7.52. The molecule has 164 valence electrons. The van der Waals surface area contributed by atoms with E-state index in [2.05, 4.69) is 14.9 Å². The summed E-state index contributed by atoms with van der Waals surface area (Å²) >= 11 is 1.22. The molecule has 0 spiro atoms. The molecule has 1 fully saturated rings. The van der Waals surface area contributed by atoms with Crippen LogP contribution in [0.4, 0.5) is 10.2 Å². The minimum Gasteiger partial charge on any atom is -0.478 e. The van der Waals surface area contributed by atoms with Crippen molar-refractivity contribution in [2.45, 2.75) is 31.5 Å². The van der Waals surface area contributed by atoms with E-state index in [1.54, 1.807) is 24.4 Å². The van der Waals surface area contributed by atoms with Crippen LogP contribution in [0.5, 0.6) is 0 Å². The van der Waals surface area contributed by atoms with Crippen LogP contribution in [-0.4, -0.2) is 31.5 Å². The minimum absolute atomic E-state index is 0.227. The van der Waals surface area contributed by atoms with Gasteiger partial charge in [0.15, 0.2) is 5.16 Å². The summed E-state index contributed by atoms with van der Waals surface area (Å²) in [6.45, 7) is 2.14. The molecule has 1 aromatic carbocycles. The quantitative estimate of drug-likeness (QED) is 0.376. The predicted molar refractivity (Wildman–Crippen MR) is 121 cm³/mol. The topological polar surface area (TPSA) is 97.1 Å². The first-order chi connectivity index (χ1) is 15.4.